The lowest BCUT2D eigenvalue weighted by Gasteiger charge is -2.46. The van der Waals surface area contributed by atoms with Crippen LogP contribution in [0.25, 0.3) is 127 Å². The van der Waals surface area contributed by atoms with Gasteiger partial charge in [-0.2, -0.15) is 5.26 Å². The number of hydrogen-bond acceptors (Lipinski definition) is 3. The van der Waals surface area contributed by atoms with Gasteiger partial charge in [0.1, 0.15) is 11.6 Å². The summed E-state index contributed by atoms with van der Waals surface area (Å²) in [4.78, 5) is 5.27. The molecule has 0 saturated heterocycles. The molecule has 0 aliphatic carbocycles. The molecule has 0 fully saturated rings. The van der Waals surface area contributed by atoms with Crippen molar-refractivity contribution in [2.24, 2.45) is 0 Å². The Morgan fingerprint density at radius 2 is 0.611 bits per heavy atom. The van der Waals surface area contributed by atoms with Crippen molar-refractivity contribution in [3.63, 3.8) is 0 Å². The summed E-state index contributed by atoms with van der Waals surface area (Å²) in [6, 6.07) is 120. The second-order valence-corrected chi connectivity index (χ2v) is 43.0. The number of benzene rings is 15. The van der Waals surface area contributed by atoms with E-state index in [9.17, 15) is 5.26 Å². The molecule has 126 heavy (non-hydrogen) atoms. The van der Waals surface area contributed by atoms with Crippen LogP contribution < -0.4 is 26.2 Å². The lowest BCUT2D eigenvalue weighted by atomic mass is 9.33. The van der Waals surface area contributed by atoms with Crippen LogP contribution in [0.2, 0.25) is 0 Å². The van der Waals surface area contributed by atoms with E-state index < -0.39 is 0 Å². The largest absolute Gasteiger partial charge is 0.310 e. The van der Waals surface area contributed by atoms with Crippen LogP contribution in [0.5, 0.6) is 0 Å². The van der Waals surface area contributed by atoms with Gasteiger partial charge in [-0.05, 0) is 242 Å². The lowest BCUT2D eigenvalue weighted by molar-refractivity contribution is 0.569. The van der Waals surface area contributed by atoms with E-state index in [0.29, 0.717) is 5.56 Å². The van der Waals surface area contributed by atoms with E-state index in [4.69, 9.17) is 0 Å². The summed E-state index contributed by atoms with van der Waals surface area (Å²) in [6.07, 6.45) is 0. The zero-order chi connectivity index (χ0) is 88.1. The van der Waals surface area contributed by atoms with Crippen molar-refractivity contribution in [2.75, 3.05) is 9.80 Å². The molecule has 0 bridgehead atoms. The van der Waals surface area contributed by atoms with E-state index in [-0.39, 0.29) is 44.6 Å². The first-order valence-corrected chi connectivity index (χ1v) is 45.2. The summed E-state index contributed by atoms with van der Waals surface area (Å²) in [6.45, 7) is 48.8. The fourth-order valence-corrected chi connectivity index (χ4v) is 20.2. The van der Waals surface area contributed by atoms with E-state index in [2.05, 4.69) is 478 Å². The van der Waals surface area contributed by atoms with E-state index >= 15 is 0 Å². The molecule has 6 nitrogen and oxygen atoms in total. The van der Waals surface area contributed by atoms with Crippen LogP contribution in [-0.4, -0.2) is 20.4 Å². The molecule has 0 N–H and O–H groups in total. The van der Waals surface area contributed by atoms with Crippen LogP contribution in [0.15, 0.2) is 303 Å². The highest BCUT2D eigenvalue weighted by Gasteiger charge is 2.47. The van der Waals surface area contributed by atoms with Gasteiger partial charge < -0.3 is 23.5 Å². The van der Waals surface area contributed by atoms with Crippen molar-refractivity contribution < 1.29 is 0 Å². The van der Waals surface area contributed by atoms with Crippen LogP contribution in [0.4, 0.5) is 34.1 Å². The van der Waals surface area contributed by atoms with Gasteiger partial charge in [-0.3, -0.25) is 0 Å². The third-order valence-electron chi connectivity index (χ3n) is 27.3. The second-order valence-electron chi connectivity index (χ2n) is 43.0. The van der Waals surface area contributed by atoms with Crippen molar-refractivity contribution in [3.8, 4) is 67.6 Å². The Hall–Kier alpha value is -13.1. The minimum absolute atomic E-state index is 0.108. The third kappa shape index (κ3) is 13.4. The number of nitrogens with zero attached hydrogens (tertiary/aromatic N) is 6. The van der Waals surface area contributed by atoms with Crippen LogP contribution >= 0.6 is 0 Å². The molecule has 5 heterocycles. The number of aromatic nitrogens is 3. The maximum absolute atomic E-state index is 13.0. The Labute approximate surface area is 745 Å². The Kier molecular flexibility index (Phi) is 18.7. The molecular formula is C119H113BN6. The van der Waals surface area contributed by atoms with Crippen LogP contribution in [-0.2, 0) is 37.9 Å². The highest BCUT2D eigenvalue weighted by molar-refractivity contribution is 7.00. The number of hydrogen-bond donors (Lipinski definition) is 0. The lowest BCUT2D eigenvalue weighted by Crippen LogP contribution is -2.61. The molecular weight excluding hydrogens is 1520 g/mol. The van der Waals surface area contributed by atoms with Gasteiger partial charge in [0.15, 0.2) is 0 Å². The first kappa shape index (κ1) is 81.2. The van der Waals surface area contributed by atoms with Gasteiger partial charge >= 0.3 is 0 Å². The summed E-state index contributed by atoms with van der Waals surface area (Å²) in [5, 5.41) is 20.0. The van der Waals surface area contributed by atoms with Gasteiger partial charge in [0.05, 0.1) is 55.8 Å². The predicted octanol–water partition coefficient (Wildman–Crippen LogP) is 30.7. The minimum atomic E-state index is -0.389. The van der Waals surface area contributed by atoms with Gasteiger partial charge in [-0.1, -0.05) is 333 Å². The summed E-state index contributed by atoms with van der Waals surface area (Å²) in [5.74, 6) is 0. The standard InChI is InChI=1S/C119H113BN6/c1-113(2,3)77-48-55-103-91(63-77)92-64-78(114(4,5)6)49-56-104(92)122(103)84-52-54-98-108(69-84)125(102-46-34-45-101(96(102)72-121)124-99-43-32-30-41-88(99)89-42-31-33-44-100(89)124)109-70-85(123-105-57-50-79(115(7,8)9)65-93(105)94-66-80(116(10,11)12)51-58-106(94)123)71-110-111(109)120(98)97-53-47-75(76-59-81(117(13,14)15)62-82(60-76)118(16,17)18)61-107(97)126(110)112-90(74-37-26-23-27-38-74)67-83(119(19,20)21)68-95(112)87-40-29-28-39-86(87)73-35-24-22-25-36-73/h22-71H,1-21H3. The Balaban J connectivity index is 1.00. The predicted molar refractivity (Wildman–Crippen MR) is 541 cm³/mol. The SMILES string of the molecule is CC(C)(C)c1cc(-c2ccc3c(c2)N(c2c(-c4ccccc4)cc(C(C)(C)C)cc2-c2ccccc2-c2ccccc2)c2cc(-n4c5ccc(C(C)(C)C)cc5c5cc(C(C)(C)C)ccc54)cc4c2B3c2ccc(-n3c5ccc(C(C)(C)C)cc5c5cc(C(C)(C)C)ccc53)cc2N4c2cccc(-n3c4ccccc4c4ccccc43)c2C#N)cc(C(C)(C)C)c1. The fourth-order valence-electron chi connectivity index (χ4n) is 20.2. The molecule has 0 saturated carbocycles. The molecule has 0 amide bonds. The molecule has 18 aromatic rings. The molecule has 0 spiro atoms. The first-order valence-electron chi connectivity index (χ1n) is 45.2. The van der Waals surface area contributed by atoms with Crippen molar-refractivity contribution >= 4 is 123 Å². The van der Waals surface area contributed by atoms with E-state index in [1.54, 1.807) is 0 Å². The highest BCUT2D eigenvalue weighted by atomic mass is 15.2. The molecule has 2 aliphatic heterocycles. The summed E-state index contributed by atoms with van der Waals surface area (Å²) in [5.41, 5.74) is 36.0. The zero-order valence-corrected chi connectivity index (χ0v) is 77.1. The highest BCUT2D eigenvalue weighted by Crippen LogP contribution is 2.56. The van der Waals surface area contributed by atoms with Crippen LogP contribution in [0.3, 0.4) is 0 Å². The van der Waals surface area contributed by atoms with Gasteiger partial charge in [0.2, 0.25) is 0 Å². The third-order valence-corrected chi connectivity index (χ3v) is 27.3. The molecule has 7 heteroatoms. The van der Waals surface area contributed by atoms with E-state index in [1.165, 1.54) is 71.5 Å². The Bertz CT molecular complexity index is 7340. The summed E-state index contributed by atoms with van der Waals surface area (Å²) in [7, 11) is 0. The number of fused-ring (bicyclic) bond motifs is 13. The van der Waals surface area contributed by atoms with Gasteiger partial charge in [-0.25, -0.2) is 0 Å². The zero-order valence-electron chi connectivity index (χ0n) is 77.1. The molecule has 20 rings (SSSR count). The molecule has 15 aromatic carbocycles. The minimum Gasteiger partial charge on any atom is -0.310 e. The number of rotatable bonds is 9. The normalized spacial score (nSPS) is 13.4. The number of anilines is 6. The summed E-state index contributed by atoms with van der Waals surface area (Å²) >= 11 is 0. The molecule has 622 valence electrons. The summed E-state index contributed by atoms with van der Waals surface area (Å²) < 4.78 is 7.45. The number of nitriles is 1. The number of para-hydroxylation sites is 2. The van der Waals surface area contributed by atoms with Crippen LogP contribution in [0.1, 0.15) is 190 Å². The van der Waals surface area contributed by atoms with Gasteiger partial charge in [-0.15, -0.1) is 0 Å². The van der Waals surface area contributed by atoms with Crippen LogP contribution in [0, 0.1) is 11.3 Å². The average Bonchev–Trinajstić information content (AvgIpc) is 0.931. The molecule has 0 unspecified atom stereocenters. The van der Waals surface area contributed by atoms with E-state index in [1.807, 2.05) is 0 Å². The van der Waals surface area contributed by atoms with Crippen molar-refractivity contribution in [3.05, 3.63) is 348 Å². The smallest absolute Gasteiger partial charge is 0.252 e. The fraction of sp³-hybridized carbons (Fsp3) is 0.235. The molecule has 0 radical (unpaired) electrons. The van der Waals surface area contributed by atoms with E-state index in [0.717, 1.165) is 145 Å². The molecule has 3 aromatic heterocycles. The van der Waals surface area contributed by atoms with Crippen molar-refractivity contribution in [1.82, 2.24) is 13.7 Å². The topological polar surface area (TPSA) is 45.1 Å². The maximum Gasteiger partial charge on any atom is 0.252 e. The second kappa shape index (κ2) is 29.0. The first-order chi connectivity index (χ1) is 59.9. The average molecular weight is 1640 g/mol. The van der Waals surface area contributed by atoms with Gasteiger partial charge in [0, 0.05) is 71.9 Å². The quantitative estimate of drug-likeness (QED) is 0.135. The Morgan fingerprint density at radius 1 is 0.230 bits per heavy atom. The Morgan fingerprint density at radius 3 is 1.09 bits per heavy atom. The van der Waals surface area contributed by atoms with Crippen molar-refractivity contribution in [2.45, 2.75) is 183 Å². The molecule has 0 atom stereocenters. The molecule has 2 aliphatic rings. The maximum atomic E-state index is 13.0. The van der Waals surface area contributed by atoms with Crippen molar-refractivity contribution in [1.29, 1.82) is 5.26 Å². The van der Waals surface area contributed by atoms with Gasteiger partial charge in [0.25, 0.3) is 6.71 Å². The monoisotopic (exact) mass is 1640 g/mol.